The van der Waals surface area contributed by atoms with Gasteiger partial charge in [-0.3, -0.25) is 19.5 Å². The van der Waals surface area contributed by atoms with Crippen molar-refractivity contribution >= 4 is 17.5 Å². The van der Waals surface area contributed by atoms with E-state index in [9.17, 15) is 9.59 Å². The first-order valence-corrected chi connectivity index (χ1v) is 10.5. The van der Waals surface area contributed by atoms with Crippen molar-refractivity contribution in [1.29, 1.82) is 0 Å². The number of carbonyl (C=O) groups is 2. The average Bonchev–Trinajstić information content (AvgIpc) is 3.32. The number of benzene rings is 1. The van der Waals surface area contributed by atoms with Gasteiger partial charge in [-0.25, -0.2) is 0 Å². The first-order valence-electron chi connectivity index (χ1n) is 10.5. The van der Waals surface area contributed by atoms with Crippen LogP contribution >= 0.6 is 0 Å². The lowest BCUT2D eigenvalue weighted by Crippen LogP contribution is -2.49. The van der Waals surface area contributed by atoms with Gasteiger partial charge >= 0.3 is 0 Å². The summed E-state index contributed by atoms with van der Waals surface area (Å²) < 4.78 is 5.08. The van der Waals surface area contributed by atoms with Crippen molar-refractivity contribution in [2.75, 3.05) is 18.4 Å². The SMILES string of the molecule is CC1CN(Cc2ccccn2)CCC1NC(=O)c1ccc(NC(=O)c2ccco2)cc1. The number of piperidine rings is 1. The molecule has 7 nitrogen and oxygen atoms in total. The third-order valence-electron chi connectivity index (χ3n) is 5.57. The fourth-order valence-corrected chi connectivity index (χ4v) is 3.87. The number of likely N-dealkylation sites (tertiary alicyclic amines) is 1. The van der Waals surface area contributed by atoms with Crippen LogP contribution in [0.4, 0.5) is 5.69 Å². The van der Waals surface area contributed by atoms with Gasteiger partial charge in [-0.2, -0.15) is 0 Å². The summed E-state index contributed by atoms with van der Waals surface area (Å²) >= 11 is 0. The largest absolute Gasteiger partial charge is 0.459 e. The minimum Gasteiger partial charge on any atom is -0.459 e. The molecular formula is C24H26N4O3. The van der Waals surface area contributed by atoms with E-state index in [2.05, 4.69) is 27.4 Å². The Labute approximate surface area is 181 Å². The minimum absolute atomic E-state index is 0.0982. The molecule has 7 heteroatoms. The topological polar surface area (TPSA) is 87.5 Å². The van der Waals surface area contributed by atoms with Crippen LogP contribution in [0.1, 0.15) is 40.0 Å². The van der Waals surface area contributed by atoms with Crippen LogP contribution in [0.3, 0.4) is 0 Å². The number of furan rings is 1. The van der Waals surface area contributed by atoms with Gasteiger partial charge in [0.1, 0.15) is 0 Å². The zero-order valence-corrected chi connectivity index (χ0v) is 17.5. The third kappa shape index (κ3) is 5.38. The van der Waals surface area contributed by atoms with Crippen molar-refractivity contribution in [3.05, 3.63) is 84.1 Å². The minimum atomic E-state index is -0.325. The van der Waals surface area contributed by atoms with Crippen LogP contribution in [-0.2, 0) is 6.54 Å². The van der Waals surface area contributed by atoms with Crippen molar-refractivity contribution in [3.63, 3.8) is 0 Å². The Bertz CT molecular complexity index is 1000. The van der Waals surface area contributed by atoms with Crippen LogP contribution in [0, 0.1) is 5.92 Å². The molecule has 0 saturated carbocycles. The predicted octanol–water partition coefficient (Wildman–Crippen LogP) is 3.57. The second-order valence-electron chi connectivity index (χ2n) is 7.91. The van der Waals surface area contributed by atoms with Gasteiger partial charge in [0.05, 0.1) is 12.0 Å². The van der Waals surface area contributed by atoms with Gasteiger partial charge in [0.15, 0.2) is 5.76 Å². The molecule has 31 heavy (non-hydrogen) atoms. The molecule has 2 atom stereocenters. The molecule has 2 aromatic heterocycles. The maximum atomic E-state index is 12.7. The Kier molecular flexibility index (Phi) is 6.43. The summed E-state index contributed by atoms with van der Waals surface area (Å²) in [6.45, 7) is 4.84. The number of pyridine rings is 1. The van der Waals surface area contributed by atoms with E-state index >= 15 is 0 Å². The first-order chi connectivity index (χ1) is 15.1. The summed E-state index contributed by atoms with van der Waals surface area (Å²) in [7, 11) is 0. The van der Waals surface area contributed by atoms with E-state index in [-0.39, 0.29) is 23.6 Å². The zero-order chi connectivity index (χ0) is 21.6. The summed E-state index contributed by atoms with van der Waals surface area (Å²) in [5, 5.41) is 5.92. The van der Waals surface area contributed by atoms with Gasteiger partial charge in [-0.1, -0.05) is 13.0 Å². The number of amides is 2. The molecule has 3 heterocycles. The maximum Gasteiger partial charge on any atom is 0.291 e. The highest BCUT2D eigenvalue weighted by molar-refractivity contribution is 6.02. The predicted molar refractivity (Wildman–Crippen MR) is 118 cm³/mol. The van der Waals surface area contributed by atoms with Crippen molar-refractivity contribution < 1.29 is 14.0 Å². The normalized spacial score (nSPS) is 19.0. The van der Waals surface area contributed by atoms with Crippen LogP contribution < -0.4 is 10.6 Å². The average molecular weight is 418 g/mol. The summed E-state index contributed by atoms with van der Waals surface area (Å²) in [5.41, 5.74) is 2.24. The summed E-state index contributed by atoms with van der Waals surface area (Å²) in [4.78, 5) is 31.5. The molecule has 4 rings (SSSR count). The Morgan fingerprint density at radius 1 is 1.10 bits per heavy atom. The van der Waals surface area contributed by atoms with Crippen molar-refractivity contribution in [2.24, 2.45) is 5.92 Å². The molecule has 1 saturated heterocycles. The molecule has 1 aliphatic heterocycles. The van der Waals surface area contributed by atoms with Crippen LogP contribution in [0.25, 0.3) is 0 Å². The van der Waals surface area contributed by atoms with E-state index in [1.54, 1.807) is 36.4 Å². The Morgan fingerprint density at radius 2 is 1.94 bits per heavy atom. The Morgan fingerprint density at radius 3 is 2.61 bits per heavy atom. The monoisotopic (exact) mass is 418 g/mol. The van der Waals surface area contributed by atoms with Crippen molar-refractivity contribution in [3.8, 4) is 0 Å². The van der Waals surface area contributed by atoms with Crippen LogP contribution in [0.5, 0.6) is 0 Å². The zero-order valence-electron chi connectivity index (χ0n) is 17.5. The fourth-order valence-electron chi connectivity index (χ4n) is 3.87. The van der Waals surface area contributed by atoms with E-state index in [0.29, 0.717) is 17.2 Å². The summed E-state index contributed by atoms with van der Waals surface area (Å²) in [5.74, 6) is 0.158. The molecule has 1 fully saturated rings. The smallest absolute Gasteiger partial charge is 0.291 e. The van der Waals surface area contributed by atoms with E-state index in [1.807, 2.05) is 24.4 Å². The second-order valence-corrected chi connectivity index (χ2v) is 7.91. The number of hydrogen-bond acceptors (Lipinski definition) is 5. The molecule has 2 N–H and O–H groups in total. The lowest BCUT2D eigenvalue weighted by molar-refractivity contribution is 0.0859. The highest BCUT2D eigenvalue weighted by Gasteiger charge is 2.27. The molecular weight excluding hydrogens is 392 g/mol. The number of hydrogen-bond donors (Lipinski definition) is 2. The Hall–Kier alpha value is -3.45. The van der Waals surface area contributed by atoms with E-state index in [1.165, 1.54) is 6.26 Å². The quantitative estimate of drug-likeness (QED) is 0.639. The molecule has 0 spiro atoms. The third-order valence-corrected chi connectivity index (χ3v) is 5.57. The number of aromatic nitrogens is 1. The lowest BCUT2D eigenvalue weighted by Gasteiger charge is -2.37. The van der Waals surface area contributed by atoms with E-state index in [4.69, 9.17) is 4.42 Å². The fraction of sp³-hybridized carbons (Fsp3) is 0.292. The molecule has 0 aliphatic carbocycles. The van der Waals surface area contributed by atoms with Crippen LogP contribution in [0.15, 0.2) is 71.5 Å². The van der Waals surface area contributed by atoms with Gasteiger partial charge in [0, 0.05) is 43.1 Å². The lowest BCUT2D eigenvalue weighted by atomic mass is 9.93. The highest BCUT2D eigenvalue weighted by Crippen LogP contribution is 2.19. The number of anilines is 1. The molecule has 1 aliphatic rings. The molecule has 1 aromatic carbocycles. The highest BCUT2D eigenvalue weighted by atomic mass is 16.3. The Balaban J connectivity index is 1.28. The number of nitrogens with zero attached hydrogens (tertiary/aromatic N) is 2. The molecule has 3 aromatic rings. The van der Waals surface area contributed by atoms with Gasteiger partial charge in [0.25, 0.3) is 11.8 Å². The first kappa shape index (κ1) is 20.8. The van der Waals surface area contributed by atoms with Crippen molar-refractivity contribution in [2.45, 2.75) is 25.9 Å². The maximum absolute atomic E-state index is 12.7. The number of rotatable bonds is 6. The molecule has 0 bridgehead atoms. The summed E-state index contributed by atoms with van der Waals surface area (Å²) in [6.07, 6.45) is 4.17. The van der Waals surface area contributed by atoms with E-state index in [0.717, 1.165) is 31.7 Å². The van der Waals surface area contributed by atoms with Crippen LogP contribution in [-0.4, -0.2) is 40.8 Å². The molecule has 160 valence electrons. The van der Waals surface area contributed by atoms with Crippen LogP contribution in [0.2, 0.25) is 0 Å². The molecule has 2 amide bonds. The number of carbonyl (C=O) groups excluding carboxylic acids is 2. The van der Waals surface area contributed by atoms with Gasteiger partial charge in [0.2, 0.25) is 0 Å². The van der Waals surface area contributed by atoms with Crippen molar-refractivity contribution in [1.82, 2.24) is 15.2 Å². The van der Waals surface area contributed by atoms with E-state index < -0.39 is 0 Å². The summed E-state index contributed by atoms with van der Waals surface area (Å²) in [6, 6.07) is 16.2. The standard InChI is InChI=1S/C24H26N4O3/c1-17-15-28(16-20-5-2-3-12-25-20)13-11-21(17)27-23(29)18-7-9-19(10-8-18)26-24(30)22-6-4-14-31-22/h2-10,12,14,17,21H,11,13,15-16H2,1H3,(H,26,30)(H,27,29). The van der Waals surface area contributed by atoms with Gasteiger partial charge in [-0.05, 0) is 60.9 Å². The molecule has 0 radical (unpaired) electrons. The molecule has 2 unspecified atom stereocenters. The second kappa shape index (κ2) is 9.57. The van der Waals surface area contributed by atoms with Gasteiger partial charge in [-0.15, -0.1) is 0 Å². The van der Waals surface area contributed by atoms with Gasteiger partial charge < -0.3 is 15.1 Å². The number of nitrogens with one attached hydrogen (secondary N) is 2.